The first-order valence-corrected chi connectivity index (χ1v) is 8.53. The number of aryl methyl sites for hydroxylation is 1. The van der Waals surface area contributed by atoms with Crippen LogP contribution in [0.2, 0.25) is 0 Å². The molecule has 0 N–H and O–H groups in total. The SMILES string of the molecule is CCN1/C(=C/C(C)=O)Sc2ccc3oc4cc(C)ccc4c3c21. The standard InChI is InChI=1S/C19H17NO2S/c1-4-20-17(10-12(3)21)23-16-8-7-14-18(19(16)20)13-6-5-11(2)9-15(13)22-14/h5-10H,4H2,1-3H3/b17-10-. The lowest BCUT2D eigenvalue weighted by Crippen LogP contribution is -2.17. The molecule has 3 nitrogen and oxygen atoms in total. The summed E-state index contributed by atoms with van der Waals surface area (Å²) in [5.74, 6) is 0.0719. The highest BCUT2D eigenvalue weighted by Gasteiger charge is 2.28. The van der Waals surface area contributed by atoms with Crippen molar-refractivity contribution < 1.29 is 9.21 Å². The Hall–Kier alpha value is -2.20. The maximum absolute atomic E-state index is 11.5. The van der Waals surface area contributed by atoms with Crippen LogP contribution in [0.25, 0.3) is 21.9 Å². The molecule has 0 unspecified atom stereocenters. The number of hydrogen-bond acceptors (Lipinski definition) is 4. The summed E-state index contributed by atoms with van der Waals surface area (Å²) in [6.07, 6.45) is 1.71. The maximum atomic E-state index is 11.5. The lowest BCUT2D eigenvalue weighted by molar-refractivity contribution is -0.112. The highest BCUT2D eigenvalue weighted by Crippen LogP contribution is 2.51. The predicted octanol–water partition coefficient (Wildman–Crippen LogP) is 5.26. The topological polar surface area (TPSA) is 33.5 Å². The largest absolute Gasteiger partial charge is 0.456 e. The zero-order chi connectivity index (χ0) is 16.1. The van der Waals surface area contributed by atoms with E-state index in [9.17, 15) is 4.79 Å². The summed E-state index contributed by atoms with van der Waals surface area (Å²) < 4.78 is 6.05. The molecule has 2 heterocycles. The van der Waals surface area contributed by atoms with Crippen LogP contribution in [-0.4, -0.2) is 12.3 Å². The number of furan rings is 1. The number of nitrogens with zero attached hydrogens (tertiary/aromatic N) is 1. The molecule has 4 heteroatoms. The van der Waals surface area contributed by atoms with Crippen molar-refractivity contribution in [1.29, 1.82) is 0 Å². The van der Waals surface area contributed by atoms with E-state index in [4.69, 9.17) is 4.42 Å². The van der Waals surface area contributed by atoms with Gasteiger partial charge < -0.3 is 9.32 Å². The molecular formula is C19H17NO2S. The summed E-state index contributed by atoms with van der Waals surface area (Å²) in [5, 5.41) is 3.26. The molecule has 0 aliphatic carbocycles. The Kier molecular flexibility index (Phi) is 3.23. The van der Waals surface area contributed by atoms with E-state index in [0.29, 0.717) is 0 Å². The molecule has 3 aromatic rings. The third-order valence-corrected chi connectivity index (χ3v) is 5.22. The third kappa shape index (κ3) is 2.17. The van der Waals surface area contributed by atoms with Crippen LogP contribution < -0.4 is 4.90 Å². The van der Waals surface area contributed by atoms with Gasteiger partial charge in [0.2, 0.25) is 0 Å². The first-order valence-electron chi connectivity index (χ1n) is 7.72. The average Bonchev–Trinajstić information content (AvgIpc) is 3.02. The quantitative estimate of drug-likeness (QED) is 0.603. The Bertz CT molecular complexity index is 984. The second kappa shape index (κ2) is 5.17. The van der Waals surface area contributed by atoms with Crippen molar-refractivity contribution in [3.05, 3.63) is 47.0 Å². The van der Waals surface area contributed by atoms with Crippen molar-refractivity contribution in [2.24, 2.45) is 0 Å². The van der Waals surface area contributed by atoms with E-state index in [2.05, 4.69) is 43.0 Å². The predicted molar refractivity (Wildman–Crippen MR) is 96.1 cm³/mol. The molecule has 0 radical (unpaired) electrons. The number of ketones is 1. The first kappa shape index (κ1) is 14.4. The van der Waals surface area contributed by atoms with Crippen molar-refractivity contribution >= 4 is 45.2 Å². The van der Waals surface area contributed by atoms with Gasteiger partial charge in [-0.1, -0.05) is 23.9 Å². The van der Waals surface area contributed by atoms with Gasteiger partial charge in [0.05, 0.1) is 16.1 Å². The second-order valence-electron chi connectivity index (χ2n) is 5.83. The van der Waals surface area contributed by atoms with Gasteiger partial charge in [-0.2, -0.15) is 0 Å². The highest BCUT2D eigenvalue weighted by molar-refractivity contribution is 8.03. The number of anilines is 1. The number of thioether (sulfide) groups is 1. The minimum Gasteiger partial charge on any atom is -0.456 e. The number of carbonyl (C=O) groups excluding carboxylic acids is 1. The fourth-order valence-electron chi connectivity index (χ4n) is 3.16. The Balaban J connectivity index is 2.05. The molecule has 0 saturated carbocycles. The summed E-state index contributed by atoms with van der Waals surface area (Å²) in [7, 11) is 0. The third-order valence-electron chi connectivity index (χ3n) is 4.12. The van der Waals surface area contributed by atoms with Crippen molar-refractivity contribution in [1.82, 2.24) is 0 Å². The molecule has 0 bridgehead atoms. The molecule has 116 valence electrons. The van der Waals surface area contributed by atoms with Crippen LogP contribution in [0.1, 0.15) is 19.4 Å². The van der Waals surface area contributed by atoms with E-state index < -0.39 is 0 Å². The van der Waals surface area contributed by atoms with Gasteiger partial charge in [0.25, 0.3) is 0 Å². The monoisotopic (exact) mass is 323 g/mol. The zero-order valence-corrected chi connectivity index (χ0v) is 14.2. The van der Waals surface area contributed by atoms with Gasteiger partial charge >= 0.3 is 0 Å². The van der Waals surface area contributed by atoms with Gasteiger partial charge in [-0.25, -0.2) is 0 Å². The molecule has 0 saturated heterocycles. The van der Waals surface area contributed by atoms with Crippen molar-refractivity contribution in [3.63, 3.8) is 0 Å². The summed E-state index contributed by atoms with van der Waals surface area (Å²) in [5.41, 5.74) is 4.16. The Morgan fingerprint density at radius 1 is 1.26 bits per heavy atom. The maximum Gasteiger partial charge on any atom is 0.155 e. The van der Waals surface area contributed by atoms with Gasteiger partial charge in [-0.3, -0.25) is 4.79 Å². The number of rotatable bonds is 2. The van der Waals surface area contributed by atoms with E-state index >= 15 is 0 Å². The number of allylic oxidation sites excluding steroid dienone is 1. The Morgan fingerprint density at radius 3 is 2.83 bits per heavy atom. The van der Waals surface area contributed by atoms with Crippen LogP contribution in [0.3, 0.4) is 0 Å². The van der Waals surface area contributed by atoms with E-state index in [1.54, 1.807) is 24.8 Å². The number of hydrogen-bond donors (Lipinski definition) is 0. The van der Waals surface area contributed by atoms with Gasteiger partial charge in [-0.15, -0.1) is 0 Å². The normalized spacial score (nSPS) is 15.8. The molecule has 4 rings (SSSR count). The molecular weight excluding hydrogens is 306 g/mol. The molecule has 0 fully saturated rings. The highest BCUT2D eigenvalue weighted by atomic mass is 32.2. The second-order valence-corrected chi connectivity index (χ2v) is 6.89. The summed E-state index contributed by atoms with van der Waals surface area (Å²) in [6, 6.07) is 10.4. The molecule has 1 aliphatic heterocycles. The fraction of sp³-hybridized carbons (Fsp3) is 0.211. The van der Waals surface area contributed by atoms with Crippen LogP contribution in [0, 0.1) is 6.92 Å². The lowest BCUT2D eigenvalue weighted by atomic mass is 10.1. The van der Waals surface area contributed by atoms with Crippen LogP contribution in [-0.2, 0) is 4.79 Å². The summed E-state index contributed by atoms with van der Waals surface area (Å²) in [4.78, 5) is 14.9. The Morgan fingerprint density at radius 2 is 2.09 bits per heavy atom. The molecule has 0 amide bonds. The van der Waals surface area contributed by atoms with Crippen LogP contribution in [0.5, 0.6) is 0 Å². The first-order chi connectivity index (χ1) is 11.1. The van der Waals surface area contributed by atoms with E-state index in [1.165, 1.54) is 10.5 Å². The van der Waals surface area contributed by atoms with Crippen LogP contribution in [0.4, 0.5) is 5.69 Å². The molecule has 0 atom stereocenters. The average molecular weight is 323 g/mol. The van der Waals surface area contributed by atoms with E-state index in [-0.39, 0.29) is 5.78 Å². The van der Waals surface area contributed by atoms with Gasteiger partial charge in [0.1, 0.15) is 11.2 Å². The van der Waals surface area contributed by atoms with Crippen LogP contribution >= 0.6 is 11.8 Å². The minimum atomic E-state index is 0.0719. The van der Waals surface area contributed by atoms with Crippen LogP contribution in [0.15, 0.2) is 50.7 Å². The smallest absolute Gasteiger partial charge is 0.155 e. The number of fused-ring (bicyclic) bond motifs is 5. The molecule has 0 spiro atoms. The molecule has 1 aromatic heterocycles. The van der Waals surface area contributed by atoms with Crippen molar-refractivity contribution in [3.8, 4) is 0 Å². The summed E-state index contributed by atoms with van der Waals surface area (Å²) in [6.45, 7) is 6.58. The zero-order valence-electron chi connectivity index (χ0n) is 13.3. The van der Waals surface area contributed by atoms with Gasteiger partial charge in [0.15, 0.2) is 5.78 Å². The van der Waals surface area contributed by atoms with E-state index in [1.807, 2.05) is 6.07 Å². The minimum absolute atomic E-state index is 0.0719. The molecule has 1 aliphatic rings. The molecule has 2 aromatic carbocycles. The lowest BCUT2D eigenvalue weighted by Gasteiger charge is -2.18. The van der Waals surface area contributed by atoms with Gasteiger partial charge in [0, 0.05) is 22.9 Å². The fourth-order valence-corrected chi connectivity index (χ4v) is 4.39. The van der Waals surface area contributed by atoms with E-state index in [0.717, 1.165) is 39.2 Å². The molecule has 23 heavy (non-hydrogen) atoms. The van der Waals surface area contributed by atoms with Crippen molar-refractivity contribution in [2.45, 2.75) is 25.7 Å². The summed E-state index contributed by atoms with van der Waals surface area (Å²) >= 11 is 1.65. The van der Waals surface area contributed by atoms with Gasteiger partial charge in [-0.05, 0) is 44.5 Å². The van der Waals surface area contributed by atoms with Crippen molar-refractivity contribution in [2.75, 3.05) is 11.4 Å². The number of carbonyl (C=O) groups is 1. The Labute approximate surface area is 138 Å². The number of benzene rings is 2.